The first-order valence-corrected chi connectivity index (χ1v) is 18.0. The number of rotatable bonds is 8. The highest BCUT2D eigenvalue weighted by atomic mass is 16.7. The smallest absolute Gasteiger partial charge is 0.231 e. The van der Waals surface area contributed by atoms with Crippen LogP contribution in [0, 0.1) is 0 Å². The van der Waals surface area contributed by atoms with Gasteiger partial charge in [0.05, 0.1) is 12.2 Å². The lowest BCUT2D eigenvalue weighted by Gasteiger charge is -2.38. The fourth-order valence-electron chi connectivity index (χ4n) is 6.81. The van der Waals surface area contributed by atoms with E-state index in [-0.39, 0.29) is 0 Å². The molecule has 276 valence electrons. The minimum absolute atomic E-state index is 0.305. The molecule has 0 radical (unpaired) electrons. The summed E-state index contributed by atoms with van der Waals surface area (Å²) in [5.74, 6) is 4.76. The van der Waals surface area contributed by atoms with E-state index in [1.165, 1.54) is 11.1 Å². The number of anilines is 2. The molecular weight excluding hydrogens is 664 g/mol. The summed E-state index contributed by atoms with van der Waals surface area (Å²) in [6, 6.07) is 13.0. The monoisotopic (exact) mass is 712 g/mol. The Labute approximate surface area is 304 Å². The Hall–Kier alpha value is -4.76. The summed E-state index contributed by atoms with van der Waals surface area (Å²) < 4.78 is 21.8. The van der Waals surface area contributed by atoms with E-state index in [9.17, 15) is 10.2 Å². The van der Waals surface area contributed by atoms with Crippen LogP contribution in [0.5, 0.6) is 23.0 Å². The van der Waals surface area contributed by atoms with Crippen molar-refractivity contribution in [2.24, 2.45) is 0 Å². The van der Waals surface area contributed by atoms with Gasteiger partial charge in [0.2, 0.25) is 25.5 Å². The molecule has 2 N–H and O–H groups in total. The van der Waals surface area contributed by atoms with Crippen LogP contribution in [0.4, 0.5) is 11.9 Å². The molecule has 4 atom stereocenters. The Morgan fingerprint density at radius 3 is 1.17 bits per heavy atom. The number of aliphatic hydroxyl groups is 2. The van der Waals surface area contributed by atoms with E-state index in [2.05, 4.69) is 77.6 Å². The quantitative estimate of drug-likeness (QED) is 0.268. The number of hydrogen-bond acceptors (Lipinski definition) is 14. The molecule has 2 saturated heterocycles. The first-order valence-electron chi connectivity index (χ1n) is 18.0. The molecule has 0 bridgehead atoms. The summed E-state index contributed by atoms with van der Waals surface area (Å²) in [6.45, 7) is 15.8. The van der Waals surface area contributed by atoms with Crippen LogP contribution < -0.4 is 28.7 Å². The van der Waals surface area contributed by atoms with Crippen molar-refractivity contribution in [2.45, 2.75) is 52.0 Å². The summed E-state index contributed by atoms with van der Waals surface area (Å²) in [6.07, 6.45) is 5.74. The van der Waals surface area contributed by atoms with Crippen molar-refractivity contribution >= 4 is 11.9 Å². The second-order valence-electron chi connectivity index (χ2n) is 13.6. The van der Waals surface area contributed by atoms with Crippen molar-refractivity contribution in [1.29, 1.82) is 0 Å². The Balaban J connectivity index is 0.000000162. The molecule has 4 aliphatic rings. The summed E-state index contributed by atoms with van der Waals surface area (Å²) in [4.78, 5) is 26.9. The molecule has 0 unspecified atom stereocenters. The van der Waals surface area contributed by atoms with Gasteiger partial charge in [-0.15, -0.1) is 0 Å². The Morgan fingerprint density at radius 1 is 0.481 bits per heavy atom. The van der Waals surface area contributed by atoms with Crippen LogP contribution in [0.3, 0.4) is 0 Å². The number of ether oxygens (including phenoxy) is 4. The standard InChI is InChI=1S/2C19H24N4O3/c2*1-13(15-3-4-17-18(9-15)26-12-25-17)22-5-7-23(8-6-22)19-20-10-16(11-21-19)14(2)24/h2*3-4,9-11,13-14,24H,5-8,12H2,1-2H3/t13-,14+;13-,14-/m00/s1. The van der Waals surface area contributed by atoms with E-state index in [0.717, 1.165) is 98.4 Å². The molecule has 0 amide bonds. The maximum absolute atomic E-state index is 9.57. The van der Waals surface area contributed by atoms with Gasteiger partial charge >= 0.3 is 0 Å². The van der Waals surface area contributed by atoms with E-state index in [1.54, 1.807) is 38.6 Å². The van der Waals surface area contributed by atoms with Crippen molar-refractivity contribution in [2.75, 3.05) is 75.7 Å². The molecule has 2 aromatic carbocycles. The van der Waals surface area contributed by atoms with Crippen molar-refractivity contribution in [1.82, 2.24) is 29.7 Å². The first-order chi connectivity index (χ1) is 25.2. The Bertz CT molecular complexity index is 1650. The van der Waals surface area contributed by atoms with Crippen molar-refractivity contribution in [3.8, 4) is 23.0 Å². The number of nitrogens with zero attached hydrogens (tertiary/aromatic N) is 8. The van der Waals surface area contributed by atoms with E-state index >= 15 is 0 Å². The molecule has 4 aliphatic heterocycles. The molecule has 4 aromatic rings. The molecule has 14 heteroatoms. The second kappa shape index (κ2) is 15.9. The average molecular weight is 713 g/mol. The molecule has 14 nitrogen and oxygen atoms in total. The van der Waals surface area contributed by atoms with Gasteiger partial charge in [0.15, 0.2) is 23.0 Å². The molecular formula is C38H48N8O6. The number of piperazine rings is 2. The van der Waals surface area contributed by atoms with Gasteiger partial charge in [0.25, 0.3) is 0 Å². The van der Waals surface area contributed by atoms with E-state index in [1.807, 2.05) is 12.1 Å². The maximum Gasteiger partial charge on any atom is 0.231 e. The maximum atomic E-state index is 9.57. The fourth-order valence-corrected chi connectivity index (χ4v) is 6.81. The zero-order valence-corrected chi connectivity index (χ0v) is 30.3. The highest BCUT2D eigenvalue weighted by molar-refractivity contribution is 5.46. The molecule has 2 aromatic heterocycles. The second-order valence-corrected chi connectivity index (χ2v) is 13.6. The highest BCUT2D eigenvalue weighted by Crippen LogP contribution is 2.37. The summed E-state index contributed by atoms with van der Waals surface area (Å²) in [5.41, 5.74) is 3.95. The van der Waals surface area contributed by atoms with Crippen LogP contribution >= 0.6 is 0 Å². The molecule has 52 heavy (non-hydrogen) atoms. The van der Waals surface area contributed by atoms with Gasteiger partial charge < -0.3 is 39.0 Å². The number of fused-ring (bicyclic) bond motifs is 2. The van der Waals surface area contributed by atoms with Gasteiger partial charge in [-0.2, -0.15) is 0 Å². The van der Waals surface area contributed by atoms with E-state index < -0.39 is 12.2 Å². The van der Waals surface area contributed by atoms with Gasteiger partial charge in [-0.25, -0.2) is 19.9 Å². The first kappa shape index (κ1) is 35.6. The third kappa shape index (κ3) is 7.99. The van der Waals surface area contributed by atoms with Crippen LogP contribution in [0.2, 0.25) is 0 Å². The largest absolute Gasteiger partial charge is 0.454 e. The van der Waals surface area contributed by atoms with Crippen LogP contribution in [-0.4, -0.2) is 106 Å². The highest BCUT2D eigenvalue weighted by Gasteiger charge is 2.27. The minimum atomic E-state index is -0.538. The predicted molar refractivity (Wildman–Crippen MR) is 195 cm³/mol. The Kier molecular flexibility index (Phi) is 10.9. The van der Waals surface area contributed by atoms with Gasteiger partial charge in [0.1, 0.15) is 0 Å². The van der Waals surface area contributed by atoms with Gasteiger partial charge in [-0.05, 0) is 63.1 Å². The van der Waals surface area contributed by atoms with Crippen molar-refractivity contribution in [3.63, 3.8) is 0 Å². The van der Waals surface area contributed by atoms with Crippen LogP contribution in [0.25, 0.3) is 0 Å². The number of benzene rings is 2. The topological polar surface area (TPSA) is 142 Å². The number of aromatic nitrogens is 4. The number of hydrogen-bond donors (Lipinski definition) is 2. The zero-order valence-electron chi connectivity index (χ0n) is 30.3. The summed E-state index contributed by atoms with van der Waals surface area (Å²) in [5, 5.41) is 19.1. The normalized spacial score (nSPS) is 19.4. The molecule has 8 rings (SSSR count). The molecule has 0 spiro atoms. The molecule has 0 aliphatic carbocycles. The van der Waals surface area contributed by atoms with Gasteiger partial charge in [-0.3, -0.25) is 9.80 Å². The lowest BCUT2D eigenvalue weighted by atomic mass is 10.1. The average Bonchev–Trinajstić information content (AvgIpc) is 3.87. The van der Waals surface area contributed by atoms with Crippen LogP contribution in [0.1, 0.15) is 74.2 Å². The van der Waals surface area contributed by atoms with Gasteiger partial charge in [0, 0.05) is 100 Å². The van der Waals surface area contributed by atoms with E-state index in [0.29, 0.717) is 25.7 Å². The van der Waals surface area contributed by atoms with Crippen molar-refractivity contribution < 1.29 is 29.2 Å². The van der Waals surface area contributed by atoms with Crippen molar-refractivity contribution in [3.05, 3.63) is 83.4 Å². The summed E-state index contributed by atoms with van der Waals surface area (Å²) in [7, 11) is 0. The lowest BCUT2D eigenvalue weighted by Crippen LogP contribution is -2.47. The Morgan fingerprint density at radius 2 is 0.827 bits per heavy atom. The SMILES string of the molecule is C[C@@H](O)c1cnc(N2CCN([C@@H](C)c3ccc4c(c3)OCO4)CC2)nc1.C[C@H](O)c1cnc(N2CCN([C@@H](C)c3ccc4c(c3)OCO4)CC2)nc1. The van der Waals surface area contributed by atoms with Gasteiger partial charge in [-0.1, -0.05) is 12.1 Å². The third-order valence-corrected chi connectivity index (χ3v) is 10.3. The molecule has 2 fully saturated rings. The number of aliphatic hydroxyl groups excluding tert-OH is 2. The summed E-state index contributed by atoms with van der Waals surface area (Å²) >= 11 is 0. The molecule has 0 saturated carbocycles. The third-order valence-electron chi connectivity index (χ3n) is 10.3. The molecule has 6 heterocycles. The zero-order chi connectivity index (χ0) is 36.2. The van der Waals surface area contributed by atoms with Crippen LogP contribution in [0.15, 0.2) is 61.2 Å². The van der Waals surface area contributed by atoms with Crippen LogP contribution in [-0.2, 0) is 0 Å². The minimum Gasteiger partial charge on any atom is -0.454 e. The van der Waals surface area contributed by atoms with E-state index in [4.69, 9.17) is 18.9 Å². The lowest BCUT2D eigenvalue weighted by molar-refractivity contribution is 0.173. The predicted octanol–water partition coefficient (Wildman–Crippen LogP) is 4.28. The fraction of sp³-hybridized carbons (Fsp3) is 0.474.